The summed E-state index contributed by atoms with van der Waals surface area (Å²) in [6, 6.07) is 0. The molecule has 12 heavy (non-hydrogen) atoms. The second-order valence-electron chi connectivity index (χ2n) is 3.39. The van der Waals surface area contributed by atoms with E-state index >= 15 is 0 Å². The van der Waals surface area contributed by atoms with Crippen molar-refractivity contribution in [2.24, 2.45) is 10.9 Å². The van der Waals surface area contributed by atoms with Crippen LogP contribution in [0.25, 0.3) is 0 Å². The second-order valence-corrected chi connectivity index (χ2v) is 3.39. The molecule has 0 atom stereocenters. The van der Waals surface area contributed by atoms with E-state index < -0.39 is 0 Å². The second kappa shape index (κ2) is 5.81. The minimum atomic E-state index is 0.671. The van der Waals surface area contributed by atoms with E-state index in [2.05, 4.69) is 30.2 Å². The van der Waals surface area contributed by atoms with Gasteiger partial charge in [-0.2, -0.15) is 0 Å². The molecule has 2 heteroatoms. The highest BCUT2D eigenvalue weighted by Crippen LogP contribution is 2.03. The van der Waals surface area contributed by atoms with Crippen molar-refractivity contribution in [3.8, 4) is 0 Å². The number of nitrogens with one attached hydrogen (secondary N) is 1. The Morgan fingerprint density at radius 2 is 2.08 bits per heavy atom. The van der Waals surface area contributed by atoms with Gasteiger partial charge in [0, 0.05) is 25.5 Å². The average Bonchev–Trinajstić information content (AvgIpc) is 2.02. The van der Waals surface area contributed by atoms with Gasteiger partial charge in [-0.25, -0.2) is 0 Å². The summed E-state index contributed by atoms with van der Waals surface area (Å²) < 4.78 is 0. The van der Waals surface area contributed by atoms with Gasteiger partial charge in [-0.05, 0) is 25.3 Å². The molecule has 0 saturated carbocycles. The molecule has 0 aromatic carbocycles. The van der Waals surface area contributed by atoms with Crippen LogP contribution in [0.2, 0.25) is 0 Å². The lowest BCUT2D eigenvalue weighted by Crippen LogP contribution is -2.07. The summed E-state index contributed by atoms with van der Waals surface area (Å²) in [6.07, 6.45) is 3.15. The summed E-state index contributed by atoms with van der Waals surface area (Å²) in [6.45, 7) is 6.45. The van der Waals surface area contributed by atoms with E-state index in [1.165, 1.54) is 0 Å². The van der Waals surface area contributed by atoms with Crippen LogP contribution >= 0.6 is 0 Å². The molecule has 0 heterocycles. The zero-order valence-corrected chi connectivity index (χ0v) is 8.81. The Bertz CT molecular complexity index is 178. The van der Waals surface area contributed by atoms with Crippen molar-refractivity contribution in [1.29, 1.82) is 0 Å². The molecule has 0 rings (SSSR count). The molecular weight excluding hydrogens is 148 g/mol. The number of rotatable bonds is 4. The van der Waals surface area contributed by atoms with Crippen molar-refractivity contribution in [3.63, 3.8) is 0 Å². The predicted octanol–water partition coefficient (Wildman–Crippen LogP) is 2.23. The van der Waals surface area contributed by atoms with E-state index in [4.69, 9.17) is 0 Å². The number of hydrogen-bond donors (Lipinski definition) is 1. The fourth-order valence-electron chi connectivity index (χ4n) is 0.955. The molecule has 0 spiro atoms. The maximum Gasteiger partial charge on any atom is 0.0364 e. The van der Waals surface area contributed by atoms with E-state index in [1.807, 2.05) is 21.0 Å². The quantitative estimate of drug-likeness (QED) is 0.640. The first kappa shape index (κ1) is 11.2. The Hall–Kier alpha value is -0.790. The number of allylic oxidation sites excluding steroid dienone is 2. The summed E-state index contributed by atoms with van der Waals surface area (Å²) in [7, 11) is 3.77. The lowest BCUT2D eigenvalue weighted by molar-refractivity contribution is 0.684. The van der Waals surface area contributed by atoms with Gasteiger partial charge in [0.1, 0.15) is 0 Å². The molecule has 0 aliphatic heterocycles. The van der Waals surface area contributed by atoms with Gasteiger partial charge in [0.25, 0.3) is 0 Å². The highest BCUT2D eigenvalue weighted by molar-refractivity contribution is 5.95. The van der Waals surface area contributed by atoms with Crippen LogP contribution in [-0.4, -0.2) is 19.8 Å². The van der Waals surface area contributed by atoms with Gasteiger partial charge in [-0.3, -0.25) is 4.99 Å². The fraction of sp³-hybridized carbons (Fsp3) is 0.700. The molecule has 0 amide bonds. The molecule has 0 aromatic rings. The van der Waals surface area contributed by atoms with Crippen molar-refractivity contribution >= 4 is 5.71 Å². The lowest BCUT2D eigenvalue weighted by Gasteiger charge is -2.05. The molecule has 0 radical (unpaired) electrons. The van der Waals surface area contributed by atoms with Crippen molar-refractivity contribution in [2.75, 3.05) is 14.1 Å². The molecule has 0 aromatic heterocycles. The van der Waals surface area contributed by atoms with Crippen molar-refractivity contribution < 1.29 is 0 Å². The van der Waals surface area contributed by atoms with Crippen LogP contribution in [0.1, 0.15) is 27.2 Å². The zero-order chi connectivity index (χ0) is 9.56. The van der Waals surface area contributed by atoms with Gasteiger partial charge in [0.15, 0.2) is 0 Å². The summed E-state index contributed by atoms with van der Waals surface area (Å²) in [5.74, 6) is 0.671. The minimum absolute atomic E-state index is 0.671. The maximum absolute atomic E-state index is 4.22. The first-order valence-corrected chi connectivity index (χ1v) is 4.41. The Labute approximate surface area is 75.8 Å². The largest absolute Gasteiger partial charge is 0.392 e. The molecule has 0 fully saturated rings. The van der Waals surface area contributed by atoms with Crippen LogP contribution in [0.4, 0.5) is 0 Å². The van der Waals surface area contributed by atoms with Gasteiger partial charge in [-0.15, -0.1) is 0 Å². The van der Waals surface area contributed by atoms with Gasteiger partial charge in [0.05, 0.1) is 0 Å². The monoisotopic (exact) mass is 168 g/mol. The Morgan fingerprint density at radius 1 is 1.50 bits per heavy atom. The number of aliphatic imine (C=N–C) groups is 1. The molecule has 0 aliphatic carbocycles. The standard InChI is InChI=1S/C10H20N2/c1-8(2)6-10(12-5)7-9(3)11-4/h7-8,11H,6H2,1-5H3/b9-7-,12-10?. The highest BCUT2D eigenvalue weighted by atomic mass is 14.8. The third kappa shape index (κ3) is 4.94. The molecule has 0 bridgehead atoms. The molecular formula is C10H20N2. The topological polar surface area (TPSA) is 24.4 Å². The summed E-state index contributed by atoms with van der Waals surface area (Å²) in [4.78, 5) is 4.22. The smallest absolute Gasteiger partial charge is 0.0364 e. The third-order valence-electron chi connectivity index (χ3n) is 1.68. The SMILES string of the molecule is CN=C(/C=C(/C)NC)CC(C)C. The van der Waals surface area contributed by atoms with Crippen LogP contribution in [0.3, 0.4) is 0 Å². The van der Waals surface area contributed by atoms with Crippen LogP contribution in [0.15, 0.2) is 16.8 Å². The van der Waals surface area contributed by atoms with E-state index in [-0.39, 0.29) is 0 Å². The van der Waals surface area contributed by atoms with Crippen molar-refractivity contribution in [3.05, 3.63) is 11.8 Å². The van der Waals surface area contributed by atoms with E-state index in [0.717, 1.165) is 17.8 Å². The average molecular weight is 168 g/mol. The van der Waals surface area contributed by atoms with Crippen LogP contribution in [0, 0.1) is 5.92 Å². The first-order chi connectivity index (χ1) is 5.60. The van der Waals surface area contributed by atoms with Gasteiger partial charge < -0.3 is 5.32 Å². The van der Waals surface area contributed by atoms with E-state index in [0.29, 0.717) is 5.92 Å². The number of hydrogen-bond acceptors (Lipinski definition) is 2. The maximum atomic E-state index is 4.22. The van der Waals surface area contributed by atoms with Crippen LogP contribution in [0.5, 0.6) is 0 Å². The summed E-state index contributed by atoms with van der Waals surface area (Å²) in [5, 5.41) is 3.08. The number of nitrogens with zero attached hydrogens (tertiary/aromatic N) is 1. The Kier molecular flexibility index (Phi) is 5.43. The molecule has 0 unspecified atom stereocenters. The molecule has 70 valence electrons. The lowest BCUT2D eigenvalue weighted by atomic mass is 10.1. The minimum Gasteiger partial charge on any atom is -0.392 e. The van der Waals surface area contributed by atoms with Gasteiger partial charge in [0.2, 0.25) is 0 Å². The fourth-order valence-corrected chi connectivity index (χ4v) is 0.955. The van der Waals surface area contributed by atoms with Gasteiger partial charge in [-0.1, -0.05) is 13.8 Å². The van der Waals surface area contributed by atoms with Crippen LogP contribution < -0.4 is 5.32 Å². The van der Waals surface area contributed by atoms with E-state index in [1.54, 1.807) is 0 Å². The molecule has 2 nitrogen and oxygen atoms in total. The van der Waals surface area contributed by atoms with Gasteiger partial charge >= 0.3 is 0 Å². The summed E-state index contributed by atoms with van der Waals surface area (Å²) >= 11 is 0. The predicted molar refractivity (Wildman–Crippen MR) is 55.6 cm³/mol. The molecule has 0 saturated heterocycles. The van der Waals surface area contributed by atoms with E-state index in [9.17, 15) is 0 Å². The first-order valence-electron chi connectivity index (χ1n) is 4.41. The zero-order valence-electron chi connectivity index (χ0n) is 8.81. The Balaban J connectivity index is 4.19. The molecule has 0 aliphatic rings. The van der Waals surface area contributed by atoms with Crippen LogP contribution in [-0.2, 0) is 0 Å². The van der Waals surface area contributed by atoms with Crippen molar-refractivity contribution in [2.45, 2.75) is 27.2 Å². The summed E-state index contributed by atoms with van der Waals surface area (Å²) in [5.41, 5.74) is 2.33. The highest BCUT2D eigenvalue weighted by Gasteiger charge is 1.98. The third-order valence-corrected chi connectivity index (χ3v) is 1.68. The van der Waals surface area contributed by atoms with Crippen molar-refractivity contribution in [1.82, 2.24) is 5.32 Å². The Morgan fingerprint density at radius 3 is 2.42 bits per heavy atom. The normalized spacial score (nSPS) is 13.8. The molecule has 1 N–H and O–H groups in total.